The van der Waals surface area contributed by atoms with E-state index >= 15 is 0 Å². The first-order valence-electron chi connectivity index (χ1n) is 11.2. The van der Waals surface area contributed by atoms with Crippen LogP contribution in [0.25, 0.3) is 0 Å². The van der Waals surface area contributed by atoms with Gasteiger partial charge in [0, 0.05) is 17.7 Å². The number of carbonyl (C=O) groups excluding carboxylic acids is 3. The van der Waals surface area contributed by atoms with E-state index in [4.69, 9.17) is 0 Å². The molecule has 3 amide bonds. The van der Waals surface area contributed by atoms with E-state index in [2.05, 4.69) is 5.32 Å². The summed E-state index contributed by atoms with van der Waals surface area (Å²) in [4.78, 5) is 39.7. The van der Waals surface area contributed by atoms with Gasteiger partial charge in [0.25, 0.3) is 5.91 Å². The molecule has 190 valence electrons. The van der Waals surface area contributed by atoms with E-state index in [9.17, 15) is 35.6 Å². The van der Waals surface area contributed by atoms with E-state index in [0.29, 0.717) is 22.6 Å². The summed E-state index contributed by atoms with van der Waals surface area (Å²) in [5, 5.41) is 2.50. The van der Waals surface area contributed by atoms with E-state index in [0.717, 1.165) is 18.2 Å². The maximum Gasteiger partial charge on any atom is 0.325 e. The highest BCUT2D eigenvalue weighted by atomic mass is 32.2. The van der Waals surface area contributed by atoms with Crippen LogP contribution >= 0.6 is 0 Å². The van der Waals surface area contributed by atoms with Crippen molar-refractivity contribution in [1.82, 2.24) is 10.2 Å². The predicted molar refractivity (Wildman–Crippen MR) is 126 cm³/mol. The number of amides is 3. The Bertz CT molecular complexity index is 1560. The van der Waals surface area contributed by atoms with Gasteiger partial charge in [-0.05, 0) is 61.7 Å². The van der Waals surface area contributed by atoms with Crippen LogP contribution in [0.4, 0.5) is 14.9 Å². The average Bonchev–Trinajstić information content (AvgIpc) is 3.37. The number of hydrogen-bond donors (Lipinski definition) is 1. The molecular formula is C23H22FN3O7S2. The first kappa shape index (κ1) is 24.4. The molecule has 2 aromatic carbocycles. The van der Waals surface area contributed by atoms with Crippen molar-refractivity contribution in [3.05, 3.63) is 58.9 Å². The molecule has 1 unspecified atom stereocenters. The number of nitrogens with one attached hydrogen (secondary N) is 1. The second kappa shape index (κ2) is 8.10. The second-order valence-corrected chi connectivity index (χ2v) is 13.2. The molecule has 36 heavy (non-hydrogen) atoms. The SMILES string of the molecule is CCS(=O)(=O)N1CCc2cc(C(=O)CN3C(=O)NC4(CCS(=O)(=O)c5ccc(F)cc54)C3=O)ccc21. The molecule has 1 spiro atoms. The minimum absolute atomic E-state index is 0.0601. The van der Waals surface area contributed by atoms with Gasteiger partial charge in [0.15, 0.2) is 15.6 Å². The molecule has 5 rings (SSSR count). The molecular weight excluding hydrogens is 513 g/mol. The van der Waals surface area contributed by atoms with Crippen molar-refractivity contribution in [3.63, 3.8) is 0 Å². The summed E-state index contributed by atoms with van der Waals surface area (Å²) in [5.74, 6) is -2.64. The first-order valence-corrected chi connectivity index (χ1v) is 14.5. The van der Waals surface area contributed by atoms with E-state index in [-0.39, 0.29) is 34.7 Å². The fraction of sp³-hybridized carbons (Fsp3) is 0.348. The van der Waals surface area contributed by atoms with Crippen LogP contribution in [-0.4, -0.2) is 64.1 Å². The van der Waals surface area contributed by atoms with Crippen molar-refractivity contribution >= 4 is 43.3 Å². The van der Waals surface area contributed by atoms with Crippen LogP contribution in [-0.2, 0) is 36.6 Å². The summed E-state index contributed by atoms with van der Waals surface area (Å²) >= 11 is 0. The van der Waals surface area contributed by atoms with E-state index in [1.165, 1.54) is 16.4 Å². The zero-order valence-corrected chi connectivity index (χ0v) is 20.8. The fourth-order valence-corrected chi connectivity index (χ4v) is 7.78. The number of carbonyl (C=O) groups is 3. The molecule has 1 saturated heterocycles. The molecule has 3 aliphatic rings. The number of Topliss-reactive ketones (excluding diaryl/α,β-unsaturated/α-hetero) is 1. The summed E-state index contributed by atoms with van der Waals surface area (Å²) in [6, 6.07) is 6.60. The lowest BCUT2D eigenvalue weighted by Crippen LogP contribution is -2.49. The molecule has 3 aliphatic heterocycles. The van der Waals surface area contributed by atoms with Crippen LogP contribution < -0.4 is 9.62 Å². The average molecular weight is 536 g/mol. The van der Waals surface area contributed by atoms with Crippen molar-refractivity contribution in [2.24, 2.45) is 0 Å². The highest BCUT2D eigenvalue weighted by molar-refractivity contribution is 7.92. The number of ketones is 1. The van der Waals surface area contributed by atoms with Crippen LogP contribution in [0.15, 0.2) is 41.3 Å². The standard InChI is InChI=1S/C23H22FN3O7S2/c1-2-36(33,34)27-9-7-14-11-15(3-5-18(14)27)19(28)13-26-21(29)23(25-22(26)30)8-10-35(31,32)20-6-4-16(24)12-17(20)23/h3-6,11-12H,2,7-10,13H2,1H3,(H,25,30). The molecule has 0 aromatic heterocycles. The Kier molecular flexibility index (Phi) is 5.48. The molecule has 1 fully saturated rings. The van der Waals surface area contributed by atoms with Crippen molar-refractivity contribution in [1.29, 1.82) is 0 Å². The summed E-state index contributed by atoms with van der Waals surface area (Å²) < 4.78 is 64.9. The molecule has 0 aliphatic carbocycles. The number of halogens is 1. The summed E-state index contributed by atoms with van der Waals surface area (Å²) in [7, 11) is -7.23. The zero-order chi connectivity index (χ0) is 26.0. The van der Waals surface area contributed by atoms with Gasteiger partial charge in [0.1, 0.15) is 11.4 Å². The number of hydrogen-bond acceptors (Lipinski definition) is 7. The van der Waals surface area contributed by atoms with Gasteiger partial charge in [0.2, 0.25) is 10.0 Å². The molecule has 0 bridgehead atoms. The number of imide groups is 1. The topological polar surface area (TPSA) is 138 Å². The molecule has 3 heterocycles. The maximum atomic E-state index is 14.0. The Balaban J connectivity index is 1.43. The number of nitrogens with zero attached hydrogens (tertiary/aromatic N) is 2. The fourth-order valence-electron chi connectivity index (χ4n) is 4.99. The summed E-state index contributed by atoms with van der Waals surface area (Å²) in [5.41, 5.74) is -0.592. The van der Waals surface area contributed by atoms with E-state index < -0.39 is 61.2 Å². The number of sulfone groups is 1. The quantitative estimate of drug-likeness (QED) is 0.346. The number of benzene rings is 2. The van der Waals surface area contributed by atoms with Crippen LogP contribution in [0, 0.1) is 5.82 Å². The number of anilines is 1. The van der Waals surface area contributed by atoms with Crippen molar-refractivity contribution in [2.75, 3.05) is 28.9 Å². The Morgan fingerprint density at radius 3 is 2.64 bits per heavy atom. The van der Waals surface area contributed by atoms with Crippen LogP contribution in [0.1, 0.15) is 34.8 Å². The molecule has 13 heteroatoms. The smallest absolute Gasteiger partial charge is 0.319 e. The lowest BCUT2D eigenvalue weighted by molar-refractivity contribution is -0.131. The van der Waals surface area contributed by atoms with Crippen molar-refractivity contribution < 1.29 is 35.6 Å². The van der Waals surface area contributed by atoms with Gasteiger partial charge in [-0.1, -0.05) is 0 Å². The maximum absolute atomic E-state index is 14.0. The highest BCUT2D eigenvalue weighted by Gasteiger charge is 2.56. The van der Waals surface area contributed by atoms with Gasteiger partial charge >= 0.3 is 6.03 Å². The van der Waals surface area contributed by atoms with E-state index in [1.807, 2.05) is 0 Å². The van der Waals surface area contributed by atoms with Gasteiger partial charge in [-0.3, -0.25) is 18.8 Å². The monoisotopic (exact) mass is 535 g/mol. The summed E-state index contributed by atoms with van der Waals surface area (Å²) in [6.07, 6.45) is 0.125. The largest absolute Gasteiger partial charge is 0.325 e. The normalized spacial score (nSPS) is 22.5. The Morgan fingerprint density at radius 2 is 1.92 bits per heavy atom. The molecule has 1 N–H and O–H groups in total. The Hall–Kier alpha value is -3.32. The number of urea groups is 1. The van der Waals surface area contributed by atoms with Crippen molar-refractivity contribution in [3.8, 4) is 0 Å². The van der Waals surface area contributed by atoms with Crippen molar-refractivity contribution in [2.45, 2.75) is 30.2 Å². The molecule has 0 saturated carbocycles. The lowest BCUT2D eigenvalue weighted by Gasteiger charge is -2.32. The zero-order valence-electron chi connectivity index (χ0n) is 19.2. The van der Waals surface area contributed by atoms with Crippen LogP contribution in [0.3, 0.4) is 0 Å². The third-order valence-electron chi connectivity index (χ3n) is 6.91. The molecule has 2 aromatic rings. The molecule has 1 atom stereocenters. The van der Waals surface area contributed by atoms with Crippen LogP contribution in [0.2, 0.25) is 0 Å². The first-order chi connectivity index (χ1) is 16.9. The molecule has 10 nitrogen and oxygen atoms in total. The van der Waals surface area contributed by atoms with Gasteiger partial charge in [-0.25, -0.2) is 26.0 Å². The third kappa shape index (κ3) is 3.60. The van der Waals surface area contributed by atoms with Gasteiger partial charge < -0.3 is 5.32 Å². The minimum atomic E-state index is -3.77. The lowest BCUT2D eigenvalue weighted by atomic mass is 9.86. The van der Waals surface area contributed by atoms with Crippen LogP contribution in [0.5, 0.6) is 0 Å². The highest BCUT2D eigenvalue weighted by Crippen LogP contribution is 2.41. The van der Waals surface area contributed by atoms with E-state index in [1.54, 1.807) is 13.0 Å². The number of sulfonamides is 1. The Labute approximate surface area is 207 Å². The summed E-state index contributed by atoms with van der Waals surface area (Å²) in [6.45, 7) is 1.20. The minimum Gasteiger partial charge on any atom is -0.319 e. The number of fused-ring (bicyclic) bond motifs is 3. The Morgan fingerprint density at radius 1 is 1.17 bits per heavy atom. The predicted octanol–water partition coefficient (Wildman–Crippen LogP) is 1.35. The third-order valence-corrected chi connectivity index (χ3v) is 10.5. The second-order valence-electron chi connectivity index (χ2n) is 8.93. The molecule has 0 radical (unpaired) electrons. The van der Waals surface area contributed by atoms with Gasteiger partial charge in [0.05, 0.1) is 28.6 Å². The van der Waals surface area contributed by atoms with Gasteiger partial charge in [-0.15, -0.1) is 0 Å². The number of rotatable bonds is 5. The van der Waals surface area contributed by atoms with Gasteiger partial charge in [-0.2, -0.15) is 0 Å².